The molecule has 0 spiro atoms. The third-order valence-electron chi connectivity index (χ3n) is 3.58. The number of amides is 1. The zero-order valence-electron chi connectivity index (χ0n) is 11.4. The molecule has 1 amide bonds. The maximum Gasteiger partial charge on any atom is 0.276 e. The molecule has 0 radical (unpaired) electrons. The molecule has 2 aromatic heterocycles. The Bertz CT molecular complexity index is 1000. The van der Waals surface area contributed by atoms with Crippen LogP contribution in [0.15, 0.2) is 53.1 Å². The minimum atomic E-state index is -0.238. The van der Waals surface area contributed by atoms with Gasteiger partial charge in [0.25, 0.3) is 5.91 Å². The Morgan fingerprint density at radius 2 is 1.95 bits per heavy atom. The van der Waals surface area contributed by atoms with E-state index in [1.165, 1.54) is 0 Å². The van der Waals surface area contributed by atoms with Crippen LogP contribution in [0.1, 0.15) is 10.5 Å². The van der Waals surface area contributed by atoms with Gasteiger partial charge in [-0.05, 0) is 24.3 Å². The van der Waals surface area contributed by atoms with Crippen molar-refractivity contribution in [1.82, 2.24) is 15.2 Å². The van der Waals surface area contributed by atoms with E-state index in [4.69, 9.17) is 0 Å². The topological polar surface area (TPSA) is 73.6 Å². The maximum absolute atomic E-state index is 12.5. The van der Waals surface area contributed by atoms with Crippen molar-refractivity contribution in [3.05, 3.63) is 58.8 Å². The summed E-state index contributed by atoms with van der Waals surface area (Å²) in [4.78, 5) is 15.6. The van der Waals surface area contributed by atoms with Gasteiger partial charge < -0.3 is 10.3 Å². The number of hydrogen-bond donors (Lipinski definition) is 3. The van der Waals surface area contributed by atoms with Gasteiger partial charge in [0.05, 0.1) is 11.2 Å². The summed E-state index contributed by atoms with van der Waals surface area (Å²) in [6.45, 7) is 0. The smallest absolute Gasteiger partial charge is 0.276 e. The Morgan fingerprint density at radius 1 is 1.09 bits per heavy atom. The summed E-state index contributed by atoms with van der Waals surface area (Å²) in [5.41, 5.74) is 2.92. The van der Waals surface area contributed by atoms with Crippen LogP contribution in [0.4, 0.5) is 5.69 Å². The van der Waals surface area contributed by atoms with E-state index < -0.39 is 0 Å². The number of carbonyl (C=O) groups excluding carboxylic acids is 1. The van der Waals surface area contributed by atoms with E-state index in [0.717, 1.165) is 32.0 Å². The molecular formula is C16H11BrN4O. The monoisotopic (exact) mass is 354 g/mol. The van der Waals surface area contributed by atoms with Crippen molar-refractivity contribution in [2.24, 2.45) is 0 Å². The van der Waals surface area contributed by atoms with E-state index in [-0.39, 0.29) is 5.91 Å². The van der Waals surface area contributed by atoms with Crippen LogP contribution in [0.5, 0.6) is 0 Å². The molecule has 3 N–H and O–H groups in total. The number of fused-ring (bicyclic) bond motifs is 2. The van der Waals surface area contributed by atoms with Crippen LogP contribution < -0.4 is 5.32 Å². The first kappa shape index (κ1) is 13.1. The molecule has 0 bridgehead atoms. The van der Waals surface area contributed by atoms with Gasteiger partial charge >= 0.3 is 0 Å². The number of hydrogen-bond acceptors (Lipinski definition) is 2. The Kier molecular flexibility index (Phi) is 2.97. The lowest BCUT2D eigenvalue weighted by Gasteiger charge is -2.01. The molecule has 108 valence electrons. The van der Waals surface area contributed by atoms with Gasteiger partial charge in [-0.15, -0.1) is 0 Å². The molecular weight excluding hydrogens is 344 g/mol. The van der Waals surface area contributed by atoms with Crippen molar-refractivity contribution in [3.8, 4) is 0 Å². The lowest BCUT2D eigenvalue weighted by molar-refractivity contribution is 0.102. The molecule has 0 aliphatic carbocycles. The number of H-pyrrole nitrogens is 2. The number of nitrogens with zero attached hydrogens (tertiary/aromatic N) is 1. The number of aromatic nitrogens is 3. The standard InChI is InChI=1S/C16H11BrN4O/c17-9-5-6-11-13(7-9)20-21-15(11)16(22)19-14-8-18-12-4-2-1-3-10(12)14/h1-8,18H,(H,19,22)(H,20,21). The fourth-order valence-electron chi connectivity index (χ4n) is 2.52. The van der Waals surface area contributed by atoms with Gasteiger partial charge in [-0.1, -0.05) is 34.1 Å². The summed E-state index contributed by atoms with van der Waals surface area (Å²) in [7, 11) is 0. The van der Waals surface area contributed by atoms with Crippen molar-refractivity contribution >= 4 is 49.3 Å². The van der Waals surface area contributed by atoms with Crippen LogP contribution in [0, 0.1) is 0 Å². The molecule has 5 nitrogen and oxygen atoms in total. The predicted molar refractivity (Wildman–Crippen MR) is 90.0 cm³/mol. The van der Waals surface area contributed by atoms with Gasteiger partial charge in [0.1, 0.15) is 0 Å². The minimum absolute atomic E-state index is 0.238. The zero-order valence-corrected chi connectivity index (χ0v) is 12.9. The first-order valence-corrected chi connectivity index (χ1v) is 7.53. The average Bonchev–Trinajstić information content (AvgIpc) is 3.11. The van der Waals surface area contributed by atoms with Crippen LogP contribution >= 0.6 is 15.9 Å². The summed E-state index contributed by atoms with van der Waals surface area (Å²) in [5.74, 6) is -0.238. The predicted octanol–water partition coefficient (Wildman–Crippen LogP) is 4.06. The average molecular weight is 355 g/mol. The fraction of sp³-hybridized carbons (Fsp3) is 0. The van der Waals surface area contributed by atoms with Crippen molar-refractivity contribution in [2.45, 2.75) is 0 Å². The van der Waals surface area contributed by atoms with Gasteiger partial charge in [-0.3, -0.25) is 9.89 Å². The Labute approximate surface area is 133 Å². The number of nitrogens with one attached hydrogen (secondary N) is 3. The van der Waals surface area contributed by atoms with Crippen molar-refractivity contribution in [3.63, 3.8) is 0 Å². The number of carbonyl (C=O) groups is 1. The summed E-state index contributed by atoms with van der Waals surface area (Å²) < 4.78 is 0.937. The zero-order chi connectivity index (χ0) is 15.1. The lowest BCUT2D eigenvalue weighted by Crippen LogP contribution is -2.12. The molecule has 6 heteroatoms. The fourth-order valence-corrected chi connectivity index (χ4v) is 2.88. The second kappa shape index (κ2) is 4.99. The first-order valence-electron chi connectivity index (χ1n) is 6.73. The molecule has 4 rings (SSSR count). The number of rotatable bonds is 2. The van der Waals surface area contributed by atoms with Gasteiger partial charge in [-0.2, -0.15) is 5.10 Å². The number of benzene rings is 2. The molecule has 0 fully saturated rings. The molecule has 0 atom stereocenters. The third-order valence-corrected chi connectivity index (χ3v) is 4.07. The molecule has 4 aromatic rings. The van der Waals surface area contributed by atoms with Crippen LogP contribution in [-0.4, -0.2) is 21.1 Å². The third kappa shape index (κ3) is 2.08. The molecule has 0 aliphatic heterocycles. The quantitative estimate of drug-likeness (QED) is 0.507. The van der Waals surface area contributed by atoms with Crippen molar-refractivity contribution < 1.29 is 4.79 Å². The van der Waals surface area contributed by atoms with E-state index in [0.29, 0.717) is 5.69 Å². The molecule has 0 saturated carbocycles. The summed E-state index contributed by atoms with van der Waals surface area (Å²) in [5, 5.41) is 11.7. The van der Waals surface area contributed by atoms with E-state index in [1.807, 2.05) is 42.5 Å². The highest BCUT2D eigenvalue weighted by molar-refractivity contribution is 9.10. The van der Waals surface area contributed by atoms with E-state index in [9.17, 15) is 4.79 Å². The number of aromatic amines is 2. The summed E-state index contributed by atoms with van der Waals surface area (Å²) in [6, 6.07) is 13.5. The molecule has 2 aromatic carbocycles. The second-order valence-electron chi connectivity index (χ2n) is 4.96. The van der Waals surface area contributed by atoms with Crippen molar-refractivity contribution in [2.75, 3.05) is 5.32 Å². The van der Waals surface area contributed by atoms with E-state index in [1.54, 1.807) is 6.20 Å². The molecule has 0 saturated heterocycles. The van der Waals surface area contributed by atoms with Gasteiger partial charge in [0.2, 0.25) is 0 Å². The maximum atomic E-state index is 12.5. The highest BCUT2D eigenvalue weighted by Gasteiger charge is 2.15. The van der Waals surface area contributed by atoms with Gasteiger partial charge in [0, 0.05) is 27.0 Å². The van der Waals surface area contributed by atoms with Gasteiger partial charge in [0.15, 0.2) is 5.69 Å². The van der Waals surface area contributed by atoms with Crippen LogP contribution in [0.2, 0.25) is 0 Å². The van der Waals surface area contributed by atoms with Gasteiger partial charge in [-0.25, -0.2) is 0 Å². The van der Waals surface area contributed by atoms with E-state index in [2.05, 4.69) is 36.4 Å². The second-order valence-corrected chi connectivity index (χ2v) is 5.88. The highest BCUT2D eigenvalue weighted by atomic mass is 79.9. The summed E-state index contributed by atoms with van der Waals surface area (Å²) in [6.07, 6.45) is 1.79. The summed E-state index contributed by atoms with van der Waals surface area (Å²) >= 11 is 3.40. The number of anilines is 1. The van der Waals surface area contributed by atoms with E-state index >= 15 is 0 Å². The Hall–Kier alpha value is -2.60. The molecule has 0 aliphatic rings. The minimum Gasteiger partial charge on any atom is -0.359 e. The number of para-hydroxylation sites is 1. The molecule has 22 heavy (non-hydrogen) atoms. The largest absolute Gasteiger partial charge is 0.359 e. The Balaban J connectivity index is 1.72. The van der Waals surface area contributed by atoms with Crippen molar-refractivity contribution in [1.29, 1.82) is 0 Å². The SMILES string of the molecule is O=C(Nc1c[nH]c2ccccc12)c1n[nH]c2cc(Br)ccc12. The normalized spacial score (nSPS) is 11.1. The first-order chi connectivity index (χ1) is 10.7. The molecule has 0 unspecified atom stereocenters. The number of halogens is 1. The highest BCUT2D eigenvalue weighted by Crippen LogP contribution is 2.25. The van der Waals surface area contributed by atoms with Crippen LogP contribution in [0.25, 0.3) is 21.8 Å². The molecule has 2 heterocycles. The van der Waals surface area contributed by atoms with Crippen LogP contribution in [0.3, 0.4) is 0 Å². The lowest BCUT2D eigenvalue weighted by atomic mass is 10.2. The Morgan fingerprint density at radius 3 is 2.86 bits per heavy atom. The van der Waals surface area contributed by atoms with Crippen LogP contribution in [-0.2, 0) is 0 Å².